The Labute approximate surface area is 228 Å². The molecule has 0 bridgehead atoms. The first-order valence-corrected chi connectivity index (χ1v) is 16.9. The Morgan fingerprint density at radius 2 is 0.694 bits per heavy atom. The average Bonchev–Trinajstić information content (AvgIpc) is 2.88. The molecule has 1 atom stereocenters. The van der Waals surface area contributed by atoms with Crippen molar-refractivity contribution in [3.63, 3.8) is 0 Å². The third-order valence-electron chi connectivity index (χ3n) is 7.79. The van der Waals surface area contributed by atoms with Gasteiger partial charge in [-0.05, 0) is 32.1 Å². The Balaban J connectivity index is 3.94. The third-order valence-corrected chi connectivity index (χ3v) is 7.79. The molecule has 0 fully saturated rings. The van der Waals surface area contributed by atoms with Gasteiger partial charge in [0.15, 0.2) is 0 Å². The van der Waals surface area contributed by atoms with Crippen LogP contribution in [0.4, 0.5) is 0 Å². The number of rotatable bonds is 30. The normalized spacial score (nSPS) is 12.2. The van der Waals surface area contributed by atoms with E-state index in [9.17, 15) is 4.79 Å². The first-order valence-electron chi connectivity index (χ1n) is 16.9. The molecule has 0 N–H and O–H groups in total. The maximum absolute atomic E-state index is 12.5. The highest BCUT2D eigenvalue weighted by Gasteiger charge is 2.14. The highest BCUT2D eigenvalue weighted by atomic mass is 16.5. The second-order valence-corrected chi connectivity index (χ2v) is 11.6. The van der Waals surface area contributed by atoms with Gasteiger partial charge in [0.25, 0.3) is 0 Å². The van der Waals surface area contributed by atoms with E-state index in [4.69, 9.17) is 4.74 Å². The van der Waals surface area contributed by atoms with Crippen LogP contribution in [0.2, 0.25) is 0 Å². The molecule has 0 aliphatic carbocycles. The van der Waals surface area contributed by atoms with Crippen LogP contribution in [-0.4, -0.2) is 12.1 Å². The van der Waals surface area contributed by atoms with Gasteiger partial charge in [0.2, 0.25) is 0 Å². The molecule has 2 heteroatoms. The summed E-state index contributed by atoms with van der Waals surface area (Å²) in [6.07, 6.45) is 37.6. The molecule has 1 unspecified atom stereocenters. The van der Waals surface area contributed by atoms with Crippen molar-refractivity contribution < 1.29 is 9.53 Å². The van der Waals surface area contributed by atoms with Crippen LogP contribution in [0.1, 0.15) is 207 Å². The quantitative estimate of drug-likeness (QED) is 0.0712. The first kappa shape index (κ1) is 35.5. The smallest absolute Gasteiger partial charge is 0.306 e. The number of unbranched alkanes of at least 4 members (excludes halogenated alkanes) is 23. The van der Waals surface area contributed by atoms with Crippen LogP contribution in [0.25, 0.3) is 0 Å². The Bertz CT molecular complexity index is 419. The van der Waals surface area contributed by atoms with Gasteiger partial charge in [-0.25, -0.2) is 0 Å². The Kier molecular flexibility index (Phi) is 30.2. The minimum absolute atomic E-state index is 0.0674. The molecule has 0 spiro atoms. The van der Waals surface area contributed by atoms with Crippen LogP contribution in [0.15, 0.2) is 0 Å². The third kappa shape index (κ3) is 28.0. The predicted octanol–water partition coefficient (Wildman–Crippen LogP) is 12.3. The molecule has 0 aliphatic rings. The number of ether oxygens (including phenoxy) is 1. The fraction of sp³-hybridized carbons (Fsp3) is 0.971. The van der Waals surface area contributed by atoms with E-state index in [1.54, 1.807) is 0 Å². The van der Waals surface area contributed by atoms with Crippen LogP contribution < -0.4 is 0 Å². The average molecular weight is 509 g/mol. The monoisotopic (exact) mass is 509 g/mol. The molecular weight excluding hydrogens is 440 g/mol. The lowest BCUT2D eigenvalue weighted by Crippen LogP contribution is -2.18. The summed E-state index contributed by atoms with van der Waals surface area (Å²) in [4.78, 5) is 12.5. The summed E-state index contributed by atoms with van der Waals surface area (Å²) in [5.74, 6) is 0.0674. The molecule has 0 aromatic heterocycles. The lowest BCUT2D eigenvalue weighted by molar-refractivity contribution is -0.150. The minimum Gasteiger partial charge on any atom is -0.462 e. The van der Waals surface area contributed by atoms with Gasteiger partial charge in [-0.3, -0.25) is 4.79 Å². The Morgan fingerprint density at radius 1 is 0.417 bits per heavy atom. The van der Waals surface area contributed by atoms with Crippen molar-refractivity contribution in [2.24, 2.45) is 0 Å². The Hall–Kier alpha value is -0.530. The summed E-state index contributed by atoms with van der Waals surface area (Å²) in [5.41, 5.74) is 0. The van der Waals surface area contributed by atoms with Gasteiger partial charge < -0.3 is 4.74 Å². The first-order chi connectivity index (χ1) is 17.7. The molecule has 0 aliphatic heterocycles. The lowest BCUT2D eigenvalue weighted by atomic mass is 10.0. The van der Waals surface area contributed by atoms with Crippen molar-refractivity contribution in [2.75, 3.05) is 0 Å². The standard InChI is InChI=1S/C34H68O2/c1-4-7-10-13-16-18-19-21-23-26-29-32-34(35)36-33(30-27-24-15-12-9-6-3)31-28-25-22-20-17-14-11-8-5-2/h33H,4-32H2,1-3H3. The molecule has 0 radical (unpaired) electrons. The van der Waals surface area contributed by atoms with Crippen molar-refractivity contribution in [2.45, 2.75) is 213 Å². The van der Waals surface area contributed by atoms with Crippen LogP contribution in [0.5, 0.6) is 0 Å². The molecule has 0 saturated carbocycles. The SMILES string of the molecule is CCCCCCCCCCCCCC(=O)OC(CCCCCCCC)CCCCCCCCCCC. The zero-order valence-electron chi connectivity index (χ0n) is 25.4. The zero-order valence-corrected chi connectivity index (χ0v) is 25.4. The number of carbonyl (C=O) groups is 1. The van der Waals surface area contributed by atoms with Gasteiger partial charge >= 0.3 is 5.97 Å². The van der Waals surface area contributed by atoms with E-state index in [2.05, 4.69) is 20.8 Å². The molecule has 0 heterocycles. The van der Waals surface area contributed by atoms with Gasteiger partial charge in [0.05, 0.1) is 0 Å². The summed E-state index contributed by atoms with van der Waals surface area (Å²) in [6.45, 7) is 6.84. The van der Waals surface area contributed by atoms with Gasteiger partial charge in [-0.1, -0.05) is 168 Å². The van der Waals surface area contributed by atoms with E-state index in [0.29, 0.717) is 6.42 Å². The molecule has 0 aromatic rings. The lowest BCUT2D eigenvalue weighted by Gasteiger charge is -2.18. The summed E-state index contributed by atoms with van der Waals surface area (Å²) in [6, 6.07) is 0. The number of esters is 1. The van der Waals surface area contributed by atoms with Crippen molar-refractivity contribution in [3.05, 3.63) is 0 Å². The van der Waals surface area contributed by atoms with E-state index in [-0.39, 0.29) is 12.1 Å². The fourth-order valence-corrected chi connectivity index (χ4v) is 5.28. The topological polar surface area (TPSA) is 26.3 Å². The van der Waals surface area contributed by atoms with Crippen LogP contribution >= 0.6 is 0 Å². The maximum Gasteiger partial charge on any atom is 0.306 e. The van der Waals surface area contributed by atoms with Crippen molar-refractivity contribution in [1.82, 2.24) is 0 Å². The van der Waals surface area contributed by atoms with E-state index >= 15 is 0 Å². The van der Waals surface area contributed by atoms with Gasteiger partial charge in [-0.2, -0.15) is 0 Å². The van der Waals surface area contributed by atoms with E-state index in [0.717, 1.165) is 19.3 Å². The van der Waals surface area contributed by atoms with Gasteiger partial charge in [-0.15, -0.1) is 0 Å². The number of hydrogen-bond acceptors (Lipinski definition) is 2. The van der Waals surface area contributed by atoms with E-state index < -0.39 is 0 Å². The zero-order chi connectivity index (χ0) is 26.4. The van der Waals surface area contributed by atoms with Crippen LogP contribution in [0.3, 0.4) is 0 Å². The van der Waals surface area contributed by atoms with Gasteiger partial charge in [0, 0.05) is 6.42 Å². The second-order valence-electron chi connectivity index (χ2n) is 11.6. The maximum atomic E-state index is 12.5. The van der Waals surface area contributed by atoms with E-state index in [1.807, 2.05) is 0 Å². The number of hydrogen-bond donors (Lipinski definition) is 0. The molecule has 2 nitrogen and oxygen atoms in total. The molecule has 0 aromatic carbocycles. The van der Waals surface area contributed by atoms with Crippen LogP contribution in [0, 0.1) is 0 Å². The van der Waals surface area contributed by atoms with Crippen LogP contribution in [-0.2, 0) is 9.53 Å². The largest absolute Gasteiger partial charge is 0.462 e. The molecule has 0 saturated heterocycles. The highest BCUT2D eigenvalue weighted by Crippen LogP contribution is 2.19. The molecule has 0 amide bonds. The summed E-state index contributed by atoms with van der Waals surface area (Å²) < 4.78 is 6.00. The molecule has 0 rings (SSSR count). The predicted molar refractivity (Wildman–Crippen MR) is 161 cm³/mol. The Morgan fingerprint density at radius 3 is 1.03 bits per heavy atom. The summed E-state index contributed by atoms with van der Waals surface area (Å²) >= 11 is 0. The summed E-state index contributed by atoms with van der Waals surface area (Å²) in [5, 5.41) is 0. The molecule has 216 valence electrons. The van der Waals surface area contributed by atoms with Gasteiger partial charge in [0.1, 0.15) is 6.10 Å². The second kappa shape index (κ2) is 30.7. The fourth-order valence-electron chi connectivity index (χ4n) is 5.28. The van der Waals surface area contributed by atoms with Crippen molar-refractivity contribution in [3.8, 4) is 0 Å². The van der Waals surface area contributed by atoms with Crippen molar-refractivity contribution >= 4 is 5.97 Å². The van der Waals surface area contributed by atoms with Crippen molar-refractivity contribution in [1.29, 1.82) is 0 Å². The molecule has 36 heavy (non-hydrogen) atoms. The minimum atomic E-state index is 0.0674. The van der Waals surface area contributed by atoms with E-state index in [1.165, 1.54) is 161 Å². The number of carbonyl (C=O) groups excluding carboxylic acids is 1. The highest BCUT2D eigenvalue weighted by molar-refractivity contribution is 5.69. The summed E-state index contributed by atoms with van der Waals surface area (Å²) in [7, 11) is 0. The molecular formula is C34H68O2.